The van der Waals surface area contributed by atoms with E-state index in [1.807, 2.05) is 6.08 Å². The van der Waals surface area contributed by atoms with Gasteiger partial charge in [0.1, 0.15) is 0 Å². The molecule has 0 bridgehead atoms. The molecule has 0 spiro atoms. The molecule has 0 heterocycles. The molecule has 2 unspecified atom stereocenters. The highest BCUT2D eigenvalue weighted by molar-refractivity contribution is 5.76. The summed E-state index contributed by atoms with van der Waals surface area (Å²) in [5.41, 5.74) is 0. The van der Waals surface area contributed by atoms with Crippen LogP contribution in [0.25, 0.3) is 0 Å². The molecule has 0 saturated carbocycles. The Labute approximate surface area is 457 Å². The average Bonchev–Trinajstić information content (AvgIpc) is 3.39. The fourth-order valence-corrected chi connectivity index (χ4v) is 10.7. The van der Waals surface area contributed by atoms with Gasteiger partial charge < -0.3 is 20.3 Å². The van der Waals surface area contributed by atoms with Gasteiger partial charge in [0.25, 0.3) is 0 Å². The first-order valence-corrected chi connectivity index (χ1v) is 33.5. The maximum Gasteiger partial charge on any atom is 0.305 e. The molecule has 434 valence electrons. The number of carbonyl (C=O) groups excluding carboxylic acids is 2. The topological polar surface area (TPSA) is 95.9 Å². The summed E-state index contributed by atoms with van der Waals surface area (Å²) in [5, 5.41) is 23.1. The standard InChI is InChI=1S/C67H131NO5/c1-3-5-7-9-11-13-15-17-33-37-41-45-49-53-57-61-67(72)73-62-58-54-50-46-42-38-35-32-30-28-26-24-22-20-18-19-21-23-25-27-29-31-34-36-40-44-48-52-56-60-66(71)68-64(63-69)65(70)59-55-51-47-43-39-16-14-12-10-8-6-4-2/h55,59,64-65,69-70H,3-54,56-58,60-63H2,1-2H3,(H,68,71)/b59-55+. The number of ether oxygens (including phenoxy) is 1. The summed E-state index contributed by atoms with van der Waals surface area (Å²) in [5.74, 6) is -0.0405. The Morgan fingerprint density at radius 2 is 0.630 bits per heavy atom. The highest BCUT2D eigenvalue weighted by Crippen LogP contribution is 2.19. The molecule has 0 rings (SSSR count). The Morgan fingerprint density at radius 1 is 0.370 bits per heavy atom. The van der Waals surface area contributed by atoms with Gasteiger partial charge in [-0.1, -0.05) is 347 Å². The third-order valence-electron chi connectivity index (χ3n) is 15.8. The Hall–Kier alpha value is -1.40. The quantitative estimate of drug-likeness (QED) is 0.0320. The highest BCUT2D eigenvalue weighted by atomic mass is 16.5. The van der Waals surface area contributed by atoms with E-state index >= 15 is 0 Å². The molecule has 6 heteroatoms. The van der Waals surface area contributed by atoms with Crippen LogP contribution in [-0.4, -0.2) is 47.4 Å². The molecule has 0 aliphatic carbocycles. The smallest absolute Gasteiger partial charge is 0.305 e. The second-order valence-electron chi connectivity index (χ2n) is 23.2. The molecule has 0 fully saturated rings. The molecule has 0 aromatic heterocycles. The second kappa shape index (κ2) is 63.1. The van der Waals surface area contributed by atoms with E-state index in [9.17, 15) is 19.8 Å². The Balaban J connectivity index is 3.32. The van der Waals surface area contributed by atoms with Gasteiger partial charge in [0.05, 0.1) is 25.4 Å². The zero-order valence-corrected chi connectivity index (χ0v) is 49.6. The van der Waals surface area contributed by atoms with E-state index in [1.165, 1.54) is 315 Å². The molecular weight excluding hydrogens is 899 g/mol. The maximum absolute atomic E-state index is 12.4. The fraction of sp³-hybridized carbons (Fsp3) is 0.940. The molecular formula is C67H131NO5. The number of hydrogen-bond acceptors (Lipinski definition) is 5. The monoisotopic (exact) mass is 1030 g/mol. The predicted molar refractivity (Wildman–Crippen MR) is 320 cm³/mol. The summed E-state index contributed by atoms with van der Waals surface area (Å²) in [7, 11) is 0. The summed E-state index contributed by atoms with van der Waals surface area (Å²) in [4.78, 5) is 24.5. The number of nitrogens with one attached hydrogen (secondary N) is 1. The number of aliphatic hydroxyl groups excluding tert-OH is 2. The Morgan fingerprint density at radius 3 is 0.932 bits per heavy atom. The highest BCUT2D eigenvalue weighted by Gasteiger charge is 2.18. The van der Waals surface area contributed by atoms with Gasteiger partial charge in [-0.05, 0) is 32.1 Å². The summed E-state index contributed by atoms with van der Waals surface area (Å²) < 4.78 is 5.50. The van der Waals surface area contributed by atoms with Gasteiger partial charge in [-0.3, -0.25) is 9.59 Å². The van der Waals surface area contributed by atoms with Crippen LogP contribution in [0.1, 0.15) is 380 Å². The molecule has 73 heavy (non-hydrogen) atoms. The van der Waals surface area contributed by atoms with Crippen LogP contribution in [0.4, 0.5) is 0 Å². The number of rotatable bonds is 63. The van der Waals surface area contributed by atoms with E-state index in [2.05, 4.69) is 19.2 Å². The first kappa shape index (κ1) is 71.6. The first-order chi connectivity index (χ1) is 36.0. The molecule has 0 saturated heterocycles. The molecule has 3 N–H and O–H groups in total. The largest absolute Gasteiger partial charge is 0.466 e. The minimum Gasteiger partial charge on any atom is -0.466 e. The summed E-state index contributed by atoms with van der Waals surface area (Å²) in [6.45, 7) is 4.93. The van der Waals surface area contributed by atoms with Crippen LogP contribution in [0.2, 0.25) is 0 Å². The van der Waals surface area contributed by atoms with Gasteiger partial charge >= 0.3 is 5.97 Å². The zero-order chi connectivity index (χ0) is 52.9. The normalized spacial score (nSPS) is 12.5. The molecule has 2 atom stereocenters. The van der Waals surface area contributed by atoms with Crippen LogP contribution >= 0.6 is 0 Å². The van der Waals surface area contributed by atoms with Gasteiger partial charge in [-0.15, -0.1) is 0 Å². The molecule has 0 aliphatic rings. The summed E-state index contributed by atoms with van der Waals surface area (Å²) >= 11 is 0. The number of hydrogen-bond donors (Lipinski definition) is 3. The van der Waals surface area contributed by atoms with Crippen LogP contribution in [0.5, 0.6) is 0 Å². The minimum atomic E-state index is -0.840. The number of amides is 1. The van der Waals surface area contributed by atoms with Crippen molar-refractivity contribution in [3.63, 3.8) is 0 Å². The second-order valence-corrected chi connectivity index (χ2v) is 23.2. The van der Waals surface area contributed by atoms with Crippen molar-refractivity contribution in [3.05, 3.63) is 12.2 Å². The fourth-order valence-electron chi connectivity index (χ4n) is 10.7. The van der Waals surface area contributed by atoms with E-state index < -0.39 is 12.1 Å². The van der Waals surface area contributed by atoms with Crippen molar-refractivity contribution < 1.29 is 24.5 Å². The van der Waals surface area contributed by atoms with Gasteiger partial charge in [-0.2, -0.15) is 0 Å². The number of unbranched alkanes of at least 4 members (excludes halogenated alkanes) is 52. The van der Waals surface area contributed by atoms with Crippen molar-refractivity contribution in [2.24, 2.45) is 0 Å². The Bertz CT molecular complexity index is 1100. The van der Waals surface area contributed by atoms with Gasteiger partial charge in [0.2, 0.25) is 5.91 Å². The summed E-state index contributed by atoms with van der Waals surface area (Å²) in [6.07, 6.45) is 77.1. The van der Waals surface area contributed by atoms with Gasteiger partial charge in [-0.25, -0.2) is 0 Å². The number of aliphatic hydroxyl groups is 2. The van der Waals surface area contributed by atoms with E-state index in [0.29, 0.717) is 19.4 Å². The average molecular weight is 1030 g/mol. The molecule has 0 aromatic carbocycles. The van der Waals surface area contributed by atoms with Gasteiger partial charge in [0.15, 0.2) is 0 Å². The van der Waals surface area contributed by atoms with Gasteiger partial charge in [0, 0.05) is 12.8 Å². The van der Waals surface area contributed by atoms with E-state index in [4.69, 9.17) is 4.74 Å². The van der Waals surface area contributed by atoms with E-state index in [1.54, 1.807) is 6.08 Å². The lowest BCUT2D eigenvalue weighted by atomic mass is 10.0. The third kappa shape index (κ3) is 59.7. The number of esters is 1. The lowest BCUT2D eigenvalue weighted by Gasteiger charge is -2.20. The third-order valence-corrected chi connectivity index (χ3v) is 15.8. The molecule has 6 nitrogen and oxygen atoms in total. The first-order valence-electron chi connectivity index (χ1n) is 33.5. The molecule has 0 aliphatic heterocycles. The Kier molecular flexibility index (Phi) is 61.9. The van der Waals surface area contributed by atoms with Crippen molar-refractivity contribution >= 4 is 11.9 Å². The maximum atomic E-state index is 12.4. The van der Waals surface area contributed by atoms with Crippen molar-refractivity contribution in [2.75, 3.05) is 13.2 Å². The van der Waals surface area contributed by atoms with Crippen molar-refractivity contribution in [1.82, 2.24) is 5.32 Å². The number of carbonyl (C=O) groups is 2. The van der Waals surface area contributed by atoms with Crippen molar-refractivity contribution in [2.45, 2.75) is 392 Å². The van der Waals surface area contributed by atoms with Crippen LogP contribution in [0.15, 0.2) is 12.2 Å². The van der Waals surface area contributed by atoms with Crippen LogP contribution in [0, 0.1) is 0 Å². The minimum absolute atomic E-state index is 0.0227. The van der Waals surface area contributed by atoms with Crippen LogP contribution in [-0.2, 0) is 14.3 Å². The van der Waals surface area contributed by atoms with Crippen molar-refractivity contribution in [3.8, 4) is 0 Å². The van der Waals surface area contributed by atoms with Crippen molar-refractivity contribution in [1.29, 1.82) is 0 Å². The van der Waals surface area contributed by atoms with Crippen LogP contribution < -0.4 is 5.32 Å². The molecule has 1 amide bonds. The van der Waals surface area contributed by atoms with Crippen LogP contribution in [0.3, 0.4) is 0 Å². The number of allylic oxidation sites excluding steroid dienone is 1. The zero-order valence-electron chi connectivity index (χ0n) is 49.6. The lowest BCUT2D eigenvalue weighted by molar-refractivity contribution is -0.143. The lowest BCUT2D eigenvalue weighted by Crippen LogP contribution is -2.45. The predicted octanol–water partition coefficient (Wildman–Crippen LogP) is 21.2. The summed E-state index contributed by atoms with van der Waals surface area (Å²) in [6, 6.07) is -0.623. The molecule has 0 aromatic rings. The molecule has 0 radical (unpaired) electrons. The van der Waals surface area contributed by atoms with E-state index in [-0.39, 0.29) is 18.5 Å². The van der Waals surface area contributed by atoms with E-state index in [0.717, 1.165) is 38.5 Å². The SMILES string of the molecule is CCCCCCCCCCCC/C=C/C(O)C(CO)NC(=O)CCCCCCCCCCCCCCCCCCCCCCCCCCCCCCCOC(=O)CCCCCCCCCCCCCCCCC.